The zero-order valence-electron chi connectivity index (χ0n) is 29.4. The van der Waals surface area contributed by atoms with Gasteiger partial charge in [-0.3, -0.25) is 0 Å². The summed E-state index contributed by atoms with van der Waals surface area (Å²) in [6.45, 7) is 0. The summed E-state index contributed by atoms with van der Waals surface area (Å²) in [6, 6.07) is 72.4. The predicted octanol–water partition coefficient (Wildman–Crippen LogP) is 15.0. The zero-order valence-corrected chi connectivity index (χ0v) is 29.4. The van der Waals surface area contributed by atoms with Gasteiger partial charge in [-0.1, -0.05) is 140 Å². The van der Waals surface area contributed by atoms with Crippen LogP contribution < -0.4 is 4.90 Å². The molecule has 0 spiro atoms. The second-order valence-corrected chi connectivity index (χ2v) is 14.2. The molecule has 0 radical (unpaired) electrons. The molecule has 0 fully saturated rings. The lowest BCUT2D eigenvalue weighted by Crippen LogP contribution is -2.10. The van der Waals surface area contributed by atoms with Gasteiger partial charge in [-0.05, 0) is 126 Å². The second kappa shape index (κ2) is 12.2. The number of fused-ring (bicyclic) bond motifs is 8. The van der Waals surface area contributed by atoms with Crippen LogP contribution in [0.4, 0.5) is 17.1 Å². The van der Waals surface area contributed by atoms with E-state index in [-0.39, 0.29) is 0 Å². The standard InChI is InChI=1S/C52H33NO/c1-2-9-34(10-3-1)40-20-17-36-18-21-41(30-43(36)29-40)42-22-19-37-24-27-46(33-44(37)31-42)53(45-26-23-35-11-4-5-13-39(35)32-45)48-15-8-16-49-52(48)51-47-14-7-6-12-38(47)25-28-50(51)54-49/h1-33H. The number of furan rings is 1. The van der Waals surface area contributed by atoms with Gasteiger partial charge in [0.05, 0.1) is 11.1 Å². The van der Waals surface area contributed by atoms with Gasteiger partial charge in [0.15, 0.2) is 0 Å². The minimum atomic E-state index is 0.874. The summed E-state index contributed by atoms with van der Waals surface area (Å²) in [6.07, 6.45) is 0. The topological polar surface area (TPSA) is 16.4 Å². The molecule has 0 aliphatic heterocycles. The predicted molar refractivity (Wildman–Crippen MR) is 229 cm³/mol. The van der Waals surface area contributed by atoms with E-state index in [1.807, 2.05) is 0 Å². The highest BCUT2D eigenvalue weighted by molar-refractivity contribution is 6.23. The van der Waals surface area contributed by atoms with Gasteiger partial charge in [-0.25, -0.2) is 0 Å². The van der Waals surface area contributed by atoms with Crippen LogP contribution in [0.15, 0.2) is 205 Å². The van der Waals surface area contributed by atoms with E-state index in [1.165, 1.54) is 65.3 Å². The second-order valence-electron chi connectivity index (χ2n) is 14.2. The molecule has 0 unspecified atom stereocenters. The van der Waals surface area contributed by atoms with Crippen molar-refractivity contribution in [3.8, 4) is 22.3 Å². The van der Waals surface area contributed by atoms with E-state index in [0.29, 0.717) is 0 Å². The van der Waals surface area contributed by atoms with Gasteiger partial charge >= 0.3 is 0 Å². The van der Waals surface area contributed by atoms with Gasteiger partial charge in [-0.2, -0.15) is 0 Å². The molecule has 0 saturated carbocycles. The van der Waals surface area contributed by atoms with E-state index in [4.69, 9.17) is 4.42 Å². The van der Waals surface area contributed by atoms with Gasteiger partial charge in [0.1, 0.15) is 11.2 Å². The van der Waals surface area contributed by atoms with E-state index in [9.17, 15) is 0 Å². The molecule has 11 aromatic rings. The number of hydrogen-bond donors (Lipinski definition) is 0. The van der Waals surface area contributed by atoms with E-state index in [2.05, 4.69) is 205 Å². The third kappa shape index (κ3) is 5.03. The molecule has 1 aromatic heterocycles. The molecule has 252 valence electrons. The fraction of sp³-hybridized carbons (Fsp3) is 0. The summed E-state index contributed by atoms with van der Waals surface area (Å²) in [4.78, 5) is 2.40. The molecule has 0 aliphatic carbocycles. The monoisotopic (exact) mass is 687 g/mol. The quantitative estimate of drug-likeness (QED) is 0.179. The van der Waals surface area contributed by atoms with Crippen LogP contribution in [0.2, 0.25) is 0 Å². The molecule has 0 saturated heterocycles. The fourth-order valence-corrected chi connectivity index (χ4v) is 8.29. The third-order valence-corrected chi connectivity index (χ3v) is 11.0. The van der Waals surface area contributed by atoms with E-state index < -0.39 is 0 Å². The Morgan fingerprint density at radius 2 is 0.815 bits per heavy atom. The SMILES string of the molecule is c1ccc(-c2ccc3ccc(-c4ccc5ccc(N(c6ccc7ccccc7c6)c6cccc7oc8ccc9ccccc9c8c67)cc5c4)cc3c2)cc1. The zero-order chi connectivity index (χ0) is 35.6. The normalized spacial score (nSPS) is 11.7. The largest absolute Gasteiger partial charge is 0.456 e. The summed E-state index contributed by atoms with van der Waals surface area (Å²) in [5.41, 5.74) is 9.88. The summed E-state index contributed by atoms with van der Waals surface area (Å²) >= 11 is 0. The fourth-order valence-electron chi connectivity index (χ4n) is 8.29. The first-order valence-electron chi connectivity index (χ1n) is 18.5. The average Bonchev–Trinajstić information content (AvgIpc) is 3.63. The van der Waals surface area contributed by atoms with Crippen molar-refractivity contribution in [2.75, 3.05) is 4.90 Å². The minimum Gasteiger partial charge on any atom is -0.456 e. The Hall–Kier alpha value is -7.16. The smallest absolute Gasteiger partial charge is 0.137 e. The summed E-state index contributed by atoms with van der Waals surface area (Å²) in [5.74, 6) is 0. The first-order chi connectivity index (χ1) is 26.7. The highest BCUT2D eigenvalue weighted by Gasteiger charge is 2.21. The van der Waals surface area contributed by atoms with Crippen LogP contribution in [0.1, 0.15) is 0 Å². The maximum absolute atomic E-state index is 6.56. The van der Waals surface area contributed by atoms with Crippen molar-refractivity contribution in [2.45, 2.75) is 0 Å². The van der Waals surface area contributed by atoms with Crippen LogP contribution in [0.3, 0.4) is 0 Å². The third-order valence-electron chi connectivity index (χ3n) is 11.0. The Balaban J connectivity index is 1.10. The first-order valence-corrected chi connectivity index (χ1v) is 18.5. The number of anilines is 3. The van der Waals surface area contributed by atoms with Gasteiger partial charge in [0, 0.05) is 16.8 Å². The van der Waals surface area contributed by atoms with E-state index >= 15 is 0 Å². The first kappa shape index (κ1) is 30.5. The summed E-state index contributed by atoms with van der Waals surface area (Å²) in [7, 11) is 0. The number of hydrogen-bond acceptors (Lipinski definition) is 2. The minimum absolute atomic E-state index is 0.874. The Morgan fingerprint density at radius 3 is 1.54 bits per heavy atom. The lowest BCUT2D eigenvalue weighted by Gasteiger charge is -2.27. The molecule has 0 amide bonds. The van der Waals surface area contributed by atoms with Gasteiger partial charge in [-0.15, -0.1) is 0 Å². The van der Waals surface area contributed by atoms with Crippen LogP contribution in [0.25, 0.3) is 87.3 Å². The Kier molecular flexibility index (Phi) is 6.90. The molecule has 0 atom stereocenters. The van der Waals surface area contributed by atoms with Crippen molar-refractivity contribution in [1.82, 2.24) is 0 Å². The Labute approximate surface area is 312 Å². The van der Waals surface area contributed by atoms with Crippen molar-refractivity contribution < 1.29 is 4.42 Å². The molecule has 10 aromatic carbocycles. The summed E-state index contributed by atoms with van der Waals surface area (Å²) in [5, 5.41) is 11.9. The highest BCUT2D eigenvalue weighted by Crippen LogP contribution is 2.46. The molecule has 54 heavy (non-hydrogen) atoms. The molecule has 2 nitrogen and oxygen atoms in total. The van der Waals surface area contributed by atoms with Crippen LogP contribution in [-0.4, -0.2) is 0 Å². The van der Waals surface area contributed by atoms with Gasteiger partial charge < -0.3 is 9.32 Å². The average molecular weight is 688 g/mol. The maximum Gasteiger partial charge on any atom is 0.137 e. The van der Waals surface area contributed by atoms with Gasteiger partial charge in [0.2, 0.25) is 0 Å². The van der Waals surface area contributed by atoms with Crippen LogP contribution in [-0.2, 0) is 0 Å². The van der Waals surface area contributed by atoms with Crippen molar-refractivity contribution in [2.24, 2.45) is 0 Å². The van der Waals surface area contributed by atoms with Crippen molar-refractivity contribution >= 4 is 82.1 Å². The van der Waals surface area contributed by atoms with Crippen LogP contribution in [0, 0.1) is 0 Å². The number of nitrogens with zero attached hydrogens (tertiary/aromatic N) is 1. The van der Waals surface area contributed by atoms with Crippen LogP contribution in [0.5, 0.6) is 0 Å². The van der Waals surface area contributed by atoms with Crippen LogP contribution >= 0.6 is 0 Å². The summed E-state index contributed by atoms with van der Waals surface area (Å²) < 4.78 is 6.56. The Bertz CT molecular complexity index is 3230. The molecular weight excluding hydrogens is 655 g/mol. The molecule has 2 heteroatoms. The van der Waals surface area contributed by atoms with E-state index in [0.717, 1.165) is 39.0 Å². The molecule has 0 N–H and O–H groups in total. The highest BCUT2D eigenvalue weighted by atomic mass is 16.3. The lowest BCUT2D eigenvalue weighted by atomic mass is 9.96. The molecule has 1 heterocycles. The molecular formula is C52H33NO. The number of rotatable bonds is 5. The van der Waals surface area contributed by atoms with Crippen molar-refractivity contribution in [3.05, 3.63) is 200 Å². The maximum atomic E-state index is 6.56. The van der Waals surface area contributed by atoms with E-state index in [1.54, 1.807) is 0 Å². The lowest BCUT2D eigenvalue weighted by molar-refractivity contribution is 0.669. The molecule has 11 rings (SSSR count). The van der Waals surface area contributed by atoms with Gasteiger partial charge in [0.25, 0.3) is 0 Å². The van der Waals surface area contributed by atoms with Crippen molar-refractivity contribution in [1.29, 1.82) is 0 Å². The number of benzene rings is 10. The molecule has 0 aliphatic rings. The van der Waals surface area contributed by atoms with Crippen molar-refractivity contribution in [3.63, 3.8) is 0 Å². The Morgan fingerprint density at radius 1 is 0.296 bits per heavy atom. The molecule has 0 bridgehead atoms.